The van der Waals surface area contributed by atoms with Gasteiger partial charge >= 0.3 is 6.09 Å². The number of benzene rings is 1. The predicted octanol–water partition coefficient (Wildman–Crippen LogP) is 3.56. The fourth-order valence-corrected chi connectivity index (χ4v) is 2.38. The molecular weight excluding hydrogens is 393 g/mol. The van der Waals surface area contributed by atoms with Crippen LogP contribution in [0.25, 0.3) is 0 Å². The van der Waals surface area contributed by atoms with Crippen LogP contribution in [0.2, 0.25) is 0 Å². The Morgan fingerprint density at radius 1 is 1.36 bits per heavy atom. The average Bonchev–Trinajstić information content (AvgIpc) is 2.80. The highest BCUT2D eigenvalue weighted by Crippen LogP contribution is 2.10. The number of amides is 1. The predicted molar refractivity (Wildman–Crippen MR) is 93.6 cm³/mol. The highest BCUT2D eigenvalue weighted by Gasteiger charge is 2.15. The second kappa shape index (κ2) is 7.13. The van der Waals surface area contributed by atoms with Crippen molar-refractivity contribution in [3.8, 4) is 0 Å². The molecule has 0 unspecified atom stereocenters. The topological polar surface area (TPSA) is 56.1 Å². The molecule has 0 spiro atoms. The lowest BCUT2D eigenvalue weighted by atomic mass is 10.1. The molecule has 0 saturated heterocycles. The Balaban J connectivity index is 1.92. The molecular formula is C16H20IN3O2. The average molecular weight is 413 g/mol. The fourth-order valence-electron chi connectivity index (χ4n) is 1.94. The largest absolute Gasteiger partial charge is 0.444 e. The van der Waals surface area contributed by atoms with E-state index in [4.69, 9.17) is 4.74 Å². The zero-order chi connectivity index (χ0) is 16.2. The number of alkyl carbamates (subject to hydrolysis) is 1. The molecule has 0 radical (unpaired) electrons. The van der Waals surface area contributed by atoms with Crippen LogP contribution in [0.3, 0.4) is 0 Å². The number of hydrogen-bond donors (Lipinski definition) is 1. The molecule has 22 heavy (non-hydrogen) atoms. The van der Waals surface area contributed by atoms with E-state index in [1.807, 2.05) is 56.0 Å². The van der Waals surface area contributed by atoms with Crippen LogP contribution in [0.1, 0.15) is 31.9 Å². The van der Waals surface area contributed by atoms with Crippen LogP contribution >= 0.6 is 22.6 Å². The minimum absolute atomic E-state index is 0.403. The molecule has 6 heteroatoms. The minimum Gasteiger partial charge on any atom is -0.444 e. The number of nitrogens with zero attached hydrogens (tertiary/aromatic N) is 2. The quantitative estimate of drug-likeness (QED) is 0.780. The first-order chi connectivity index (χ1) is 10.3. The summed E-state index contributed by atoms with van der Waals surface area (Å²) in [5.74, 6) is 0. The van der Waals surface area contributed by atoms with Crippen LogP contribution in [-0.4, -0.2) is 21.5 Å². The summed E-state index contributed by atoms with van der Waals surface area (Å²) in [7, 11) is 0. The maximum Gasteiger partial charge on any atom is 0.407 e. The molecule has 2 rings (SSSR count). The Hall–Kier alpha value is -1.57. The molecule has 1 heterocycles. The van der Waals surface area contributed by atoms with E-state index in [1.165, 1.54) is 0 Å². The second-order valence-corrected chi connectivity index (χ2v) is 7.28. The molecule has 1 aromatic heterocycles. The van der Waals surface area contributed by atoms with Crippen molar-refractivity contribution in [1.29, 1.82) is 0 Å². The van der Waals surface area contributed by atoms with E-state index in [0.29, 0.717) is 13.1 Å². The van der Waals surface area contributed by atoms with Gasteiger partial charge < -0.3 is 10.1 Å². The summed E-state index contributed by atoms with van der Waals surface area (Å²) in [6.07, 6.45) is 3.42. The van der Waals surface area contributed by atoms with Crippen LogP contribution in [-0.2, 0) is 17.8 Å². The lowest BCUT2D eigenvalue weighted by Crippen LogP contribution is -2.32. The van der Waals surface area contributed by atoms with Gasteiger partial charge in [0.05, 0.1) is 16.3 Å². The van der Waals surface area contributed by atoms with Crippen molar-refractivity contribution in [2.24, 2.45) is 0 Å². The summed E-state index contributed by atoms with van der Waals surface area (Å²) in [5.41, 5.74) is 1.69. The number of carbonyl (C=O) groups excluding carboxylic acids is 1. The van der Waals surface area contributed by atoms with Crippen molar-refractivity contribution in [3.05, 3.63) is 51.4 Å². The molecule has 2 aromatic rings. The van der Waals surface area contributed by atoms with Crippen molar-refractivity contribution in [2.75, 3.05) is 0 Å². The van der Waals surface area contributed by atoms with Gasteiger partial charge in [0.25, 0.3) is 0 Å². The highest BCUT2D eigenvalue weighted by molar-refractivity contribution is 14.1. The third kappa shape index (κ3) is 5.67. The van der Waals surface area contributed by atoms with Gasteiger partial charge in [-0.05, 0) is 54.5 Å². The third-order valence-corrected chi connectivity index (χ3v) is 3.33. The van der Waals surface area contributed by atoms with E-state index < -0.39 is 11.7 Å². The molecule has 1 N–H and O–H groups in total. The van der Waals surface area contributed by atoms with Crippen molar-refractivity contribution in [2.45, 2.75) is 39.5 Å². The van der Waals surface area contributed by atoms with Gasteiger partial charge in [0.1, 0.15) is 5.60 Å². The number of rotatable bonds is 4. The van der Waals surface area contributed by atoms with E-state index in [9.17, 15) is 4.79 Å². The lowest BCUT2D eigenvalue weighted by molar-refractivity contribution is 0.0523. The Labute approximate surface area is 144 Å². The van der Waals surface area contributed by atoms with Gasteiger partial charge in [-0.15, -0.1) is 0 Å². The molecule has 0 bridgehead atoms. The van der Waals surface area contributed by atoms with Crippen LogP contribution in [0.4, 0.5) is 4.79 Å². The number of aromatic nitrogens is 2. The molecule has 118 valence electrons. The van der Waals surface area contributed by atoms with E-state index in [2.05, 4.69) is 39.1 Å². The summed E-state index contributed by atoms with van der Waals surface area (Å²) in [6.45, 7) is 6.69. The number of halogens is 1. The molecule has 0 aliphatic rings. The molecule has 0 aliphatic heterocycles. The normalized spacial score (nSPS) is 11.3. The van der Waals surface area contributed by atoms with Gasteiger partial charge in [-0.1, -0.05) is 24.3 Å². The molecule has 5 nitrogen and oxygen atoms in total. The SMILES string of the molecule is CC(C)(C)OC(=O)NCc1cccc(Cn2cc(I)cn2)c1. The van der Waals surface area contributed by atoms with Crippen molar-refractivity contribution in [3.63, 3.8) is 0 Å². The maximum atomic E-state index is 11.7. The number of ether oxygens (including phenoxy) is 1. The van der Waals surface area contributed by atoms with Gasteiger partial charge in [-0.2, -0.15) is 5.10 Å². The van der Waals surface area contributed by atoms with E-state index >= 15 is 0 Å². The molecule has 1 aromatic carbocycles. The van der Waals surface area contributed by atoms with Crippen LogP contribution in [0.5, 0.6) is 0 Å². The Morgan fingerprint density at radius 3 is 2.73 bits per heavy atom. The molecule has 0 fully saturated rings. The number of nitrogens with one attached hydrogen (secondary N) is 1. The van der Waals surface area contributed by atoms with Gasteiger partial charge in [0.15, 0.2) is 0 Å². The zero-order valence-corrected chi connectivity index (χ0v) is 15.1. The fraction of sp³-hybridized carbons (Fsp3) is 0.375. The standard InChI is InChI=1S/C16H20IN3O2/c1-16(2,3)22-15(21)18-8-12-5-4-6-13(7-12)10-20-11-14(17)9-19-20/h4-7,9,11H,8,10H2,1-3H3,(H,18,21). The molecule has 0 saturated carbocycles. The minimum atomic E-state index is -0.483. The van der Waals surface area contributed by atoms with E-state index in [1.54, 1.807) is 0 Å². The number of carbonyl (C=O) groups is 1. The van der Waals surface area contributed by atoms with Gasteiger partial charge in [-0.3, -0.25) is 4.68 Å². The first kappa shape index (κ1) is 16.8. The molecule has 0 atom stereocenters. The molecule has 1 amide bonds. The maximum absolute atomic E-state index is 11.7. The highest BCUT2D eigenvalue weighted by atomic mass is 127. The lowest BCUT2D eigenvalue weighted by Gasteiger charge is -2.19. The summed E-state index contributed by atoms with van der Waals surface area (Å²) in [6, 6.07) is 8.07. The Morgan fingerprint density at radius 2 is 2.09 bits per heavy atom. The Kier molecular flexibility index (Phi) is 5.44. The summed E-state index contributed by atoms with van der Waals surface area (Å²) in [4.78, 5) is 11.7. The van der Waals surface area contributed by atoms with Gasteiger partial charge in [0, 0.05) is 12.7 Å². The van der Waals surface area contributed by atoms with Crippen molar-refractivity contribution >= 4 is 28.7 Å². The van der Waals surface area contributed by atoms with Gasteiger partial charge in [-0.25, -0.2) is 4.79 Å². The monoisotopic (exact) mass is 413 g/mol. The van der Waals surface area contributed by atoms with Crippen molar-refractivity contribution in [1.82, 2.24) is 15.1 Å². The first-order valence-corrected chi connectivity index (χ1v) is 8.12. The number of hydrogen-bond acceptors (Lipinski definition) is 3. The Bertz CT molecular complexity index is 647. The van der Waals surface area contributed by atoms with Crippen LogP contribution in [0, 0.1) is 3.57 Å². The zero-order valence-electron chi connectivity index (χ0n) is 13.0. The van der Waals surface area contributed by atoms with E-state index in [0.717, 1.165) is 14.7 Å². The summed E-state index contributed by atoms with van der Waals surface area (Å²) < 4.78 is 8.23. The third-order valence-electron chi connectivity index (χ3n) is 2.77. The van der Waals surface area contributed by atoms with Gasteiger partial charge in [0.2, 0.25) is 0 Å². The smallest absolute Gasteiger partial charge is 0.407 e. The van der Waals surface area contributed by atoms with E-state index in [-0.39, 0.29) is 0 Å². The first-order valence-electron chi connectivity index (χ1n) is 7.04. The summed E-state index contributed by atoms with van der Waals surface area (Å²) >= 11 is 2.24. The summed E-state index contributed by atoms with van der Waals surface area (Å²) in [5, 5.41) is 7.04. The second-order valence-electron chi connectivity index (χ2n) is 6.03. The molecule has 0 aliphatic carbocycles. The van der Waals surface area contributed by atoms with Crippen molar-refractivity contribution < 1.29 is 9.53 Å². The van der Waals surface area contributed by atoms with Crippen LogP contribution < -0.4 is 5.32 Å². The van der Waals surface area contributed by atoms with Crippen LogP contribution in [0.15, 0.2) is 36.7 Å².